The molecule has 2 aromatic carbocycles. The van der Waals surface area contributed by atoms with Crippen molar-refractivity contribution in [2.45, 2.75) is 35.9 Å². The predicted molar refractivity (Wildman–Crippen MR) is 159 cm³/mol. The zero-order valence-electron chi connectivity index (χ0n) is 17.2. The third-order valence-electron chi connectivity index (χ3n) is 4.33. The summed E-state index contributed by atoms with van der Waals surface area (Å²) in [4.78, 5) is 0.0792. The largest absolute Gasteiger partial charge is 0.450 e. The van der Waals surface area contributed by atoms with Crippen LogP contribution in [0.2, 0.25) is 0 Å². The smallest absolute Gasteiger partial charge is 0.298 e. The molecule has 10 heteroatoms. The van der Waals surface area contributed by atoms with E-state index in [1.807, 2.05) is 42.5 Å². The van der Waals surface area contributed by atoms with Crippen molar-refractivity contribution in [3.8, 4) is 16.9 Å². The third kappa shape index (κ3) is 8.02. The molecule has 0 heterocycles. The van der Waals surface area contributed by atoms with Crippen LogP contribution in [-0.4, -0.2) is 34.7 Å². The van der Waals surface area contributed by atoms with E-state index in [1.54, 1.807) is 0 Å². The first-order valence-electron chi connectivity index (χ1n) is 9.83. The lowest BCUT2D eigenvalue weighted by atomic mass is 10.1. The van der Waals surface area contributed by atoms with Crippen molar-refractivity contribution >= 4 is 112 Å². The van der Waals surface area contributed by atoms with Crippen LogP contribution in [0.3, 0.4) is 0 Å². The minimum atomic E-state index is -1.37. The number of hydrogen-bond donors (Lipinski definition) is 0. The number of halogens is 7. The molecule has 2 rings (SSSR count). The monoisotopic (exact) mass is 888 g/mol. The second-order valence-corrected chi connectivity index (χ2v) is 16.6. The third-order valence-corrected chi connectivity index (χ3v) is 14.6. The summed E-state index contributed by atoms with van der Waals surface area (Å²) >= 11 is 25.6. The SMILES string of the molecule is CCCCOC(Br)(Br)C(Br)(Br)C(Br)(OCC(Br)CBr)Oc1cccc(-c2ccccc2)c1. The van der Waals surface area contributed by atoms with Gasteiger partial charge in [0.15, 0.2) is 0 Å². The topological polar surface area (TPSA) is 27.7 Å². The fourth-order valence-electron chi connectivity index (χ4n) is 2.56. The number of hydrogen-bond acceptors (Lipinski definition) is 3. The van der Waals surface area contributed by atoms with Gasteiger partial charge in [-0.25, -0.2) is 0 Å². The lowest BCUT2D eigenvalue weighted by Crippen LogP contribution is -2.57. The molecule has 0 N–H and O–H groups in total. The Bertz CT molecular complexity index is 835. The van der Waals surface area contributed by atoms with E-state index in [2.05, 4.69) is 131 Å². The molecule has 0 aliphatic rings. The van der Waals surface area contributed by atoms with Gasteiger partial charge in [-0.05, 0) is 77.5 Å². The molecule has 0 aliphatic carbocycles. The van der Waals surface area contributed by atoms with Crippen LogP contribution >= 0.6 is 112 Å². The van der Waals surface area contributed by atoms with Crippen LogP contribution in [0.25, 0.3) is 11.1 Å². The quantitative estimate of drug-likeness (QED) is 0.114. The average molecular weight is 895 g/mol. The van der Waals surface area contributed by atoms with Crippen molar-refractivity contribution < 1.29 is 14.2 Å². The van der Waals surface area contributed by atoms with Gasteiger partial charge in [-0.15, -0.1) is 0 Å². The molecule has 0 fully saturated rings. The number of ether oxygens (including phenoxy) is 3. The van der Waals surface area contributed by atoms with Crippen LogP contribution in [0.1, 0.15) is 19.8 Å². The Kier molecular flexibility index (Phi) is 12.8. The number of alkyl halides is 7. The summed E-state index contributed by atoms with van der Waals surface area (Å²) in [6, 6.07) is 18.0. The maximum Gasteiger partial charge on any atom is 0.298 e. The van der Waals surface area contributed by atoms with Crippen LogP contribution in [0.4, 0.5) is 0 Å². The Hall–Kier alpha value is 1.52. The Labute approximate surface area is 249 Å². The van der Waals surface area contributed by atoms with Crippen LogP contribution < -0.4 is 4.74 Å². The molecule has 32 heavy (non-hydrogen) atoms. The summed E-state index contributed by atoms with van der Waals surface area (Å²) < 4.78 is 15.3. The number of rotatable bonds is 13. The Morgan fingerprint density at radius 2 is 1.53 bits per heavy atom. The van der Waals surface area contributed by atoms with Crippen LogP contribution in [0, 0.1) is 0 Å². The summed E-state index contributed by atoms with van der Waals surface area (Å²) in [5.74, 6) is 0.626. The van der Waals surface area contributed by atoms with E-state index >= 15 is 0 Å². The van der Waals surface area contributed by atoms with Gasteiger partial charge in [0.05, 0.1) is 6.61 Å². The maximum atomic E-state index is 6.44. The fraction of sp³-hybridized carbons (Fsp3) is 0.455. The summed E-state index contributed by atoms with van der Waals surface area (Å²) in [5.41, 5.74) is 2.13. The zero-order valence-corrected chi connectivity index (χ0v) is 28.3. The number of benzene rings is 2. The highest BCUT2D eigenvalue weighted by atomic mass is 79.9. The molecule has 0 bridgehead atoms. The Morgan fingerprint density at radius 1 is 0.875 bits per heavy atom. The van der Waals surface area contributed by atoms with Crippen LogP contribution in [0.5, 0.6) is 5.75 Å². The van der Waals surface area contributed by atoms with Gasteiger partial charge < -0.3 is 14.2 Å². The zero-order chi connectivity index (χ0) is 23.8. The second-order valence-electron chi connectivity index (χ2n) is 6.89. The summed E-state index contributed by atoms with van der Waals surface area (Å²) in [6.07, 6.45) is 1.93. The van der Waals surface area contributed by atoms with Gasteiger partial charge >= 0.3 is 0 Å². The molecule has 2 aromatic rings. The van der Waals surface area contributed by atoms with Gasteiger partial charge in [-0.3, -0.25) is 0 Å². The standard InChI is InChI=1S/C22H23Br7O3/c1-2-3-12-30-21(27,28)20(25,26)22(29,31-15-18(24)14-23)32-19-11-7-10-17(13-19)16-8-5-4-6-9-16/h4-11,13,18H,2-3,12,14-15H2,1H3. The first-order valence-corrected chi connectivity index (χ1v) is 15.8. The molecule has 0 saturated heterocycles. The average Bonchev–Trinajstić information content (AvgIpc) is 2.78. The van der Waals surface area contributed by atoms with E-state index in [9.17, 15) is 0 Å². The van der Waals surface area contributed by atoms with E-state index in [4.69, 9.17) is 14.2 Å². The highest BCUT2D eigenvalue weighted by Crippen LogP contribution is 2.59. The molecule has 0 aliphatic heterocycles. The van der Waals surface area contributed by atoms with E-state index in [0.29, 0.717) is 19.0 Å². The molecular weight excluding hydrogens is 872 g/mol. The summed E-state index contributed by atoms with van der Waals surface area (Å²) in [5, 5.41) is 0.720. The molecule has 0 radical (unpaired) electrons. The normalized spacial score (nSPS) is 15.2. The van der Waals surface area contributed by atoms with Gasteiger partial charge in [0.1, 0.15) is 5.75 Å². The van der Waals surface area contributed by atoms with E-state index in [-0.39, 0.29) is 4.83 Å². The molecular formula is C22H23Br7O3. The van der Waals surface area contributed by atoms with Crippen molar-refractivity contribution in [3.05, 3.63) is 54.6 Å². The maximum absolute atomic E-state index is 6.44. The Morgan fingerprint density at radius 3 is 2.16 bits per heavy atom. The molecule has 2 atom stereocenters. The molecule has 0 saturated carbocycles. The lowest BCUT2D eigenvalue weighted by molar-refractivity contribution is -0.123. The first kappa shape index (κ1) is 29.7. The van der Waals surface area contributed by atoms with E-state index < -0.39 is 11.3 Å². The summed E-state index contributed by atoms with van der Waals surface area (Å²) in [6.45, 7) is 3.01. The molecule has 178 valence electrons. The minimum absolute atomic E-state index is 0.0792. The predicted octanol–water partition coefficient (Wildman–Crippen LogP) is 9.70. The van der Waals surface area contributed by atoms with Crippen molar-refractivity contribution in [1.82, 2.24) is 0 Å². The van der Waals surface area contributed by atoms with Gasteiger partial charge in [0, 0.05) is 16.8 Å². The Balaban J connectivity index is 2.37. The second kappa shape index (κ2) is 13.7. The molecule has 3 nitrogen and oxygen atoms in total. The molecule has 0 aromatic heterocycles. The van der Waals surface area contributed by atoms with Gasteiger partial charge in [0.2, 0.25) is 6.65 Å². The number of unbranched alkanes of at least 4 members (excludes halogenated alkanes) is 1. The fourth-order valence-corrected chi connectivity index (χ4v) is 5.47. The van der Waals surface area contributed by atoms with Crippen molar-refractivity contribution in [1.29, 1.82) is 0 Å². The minimum Gasteiger partial charge on any atom is -0.450 e. The van der Waals surface area contributed by atoms with Gasteiger partial charge in [-0.1, -0.05) is 120 Å². The van der Waals surface area contributed by atoms with Crippen molar-refractivity contribution in [2.24, 2.45) is 0 Å². The van der Waals surface area contributed by atoms with Crippen molar-refractivity contribution in [3.63, 3.8) is 0 Å². The van der Waals surface area contributed by atoms with E-state index in [0.717, 1.165) is 29.3 Å². The van der Waals surface area contributed by atoms with Crippen molar-refractivity contribution in [2.75, 3.05) is 18.5 Å². The van der Waals surface area contributed by atoms with Crippen LogP contribution in [0.15, 0.2) is 54.6 Å². The van der Waals surface area contributed by atoms with Gasteiger partial charge in [0.25, 0.3) is 4.70 Å². The first-order chi connectivity index (χ1) is 15.1. The molecule has 0 amide bonds. The highest BCUT2D eigenvalue weighted by Gasteiger charge is 2.63. The molecule has 0 spiro atoms. The van der Waals surface area contributed by atoms with Crippen LogP contribution in [-0.2, 0) is 9.47 Å². The van der Waals surface area contributed by atoms with Gasteiger partial charge in [-0.2, -0.15) is 0 Å². The molecule has 2 unspecified atom stereocenters. The van der Waals surface area contributed by atoms with E-state index in [1.165, 1.54) is 0 Å². The summed E-state index contributed by atoms with van der Waals surface area (Å²) in [7, 11) is 0. The lowest BCUT2D eigenvalue weighted by Gasteiger charge is -2.44. The highest BCUT2D eigenvalue weighted by molar-refractivity contribution is 9.30.